The van der Waals surface area contributed by atoms with Crippen molar-refractivity contribution in [1.82, 2.24) is 0 Å². The SMILES string of the molecule is CCCCC[C@@H]1C/C=C(\C)[C@@H](O)C(C)(C)C(=O)[C@@H](C)/C=C(\C)[C@@H]2C[C@H](O[Si](c3ccccc3)(c3ccccc3)C(C)(C)C)C[C@](O)(CC(=O)O1)O2. The molecule has 0 unspecified atom stereocenters. The van der Waals surface area contributed by atoms with Crippen LogP contribution in [0, 0.1) is 11.3 Å². The van der Waals surface area contributed by atoms with E-state index in [0.29, 0.717) is 24.8 Å². The van der Waals surface area contributed by atoms with Gasteiger partial charge in [-0.1, -0.05) is 134 Å². The highest BCUT2D eigenvalue weighted by Crippen LogP contribution is 2.42. The van der Waals surface area contributed by atoms with Crippen LogP contribution >= 0.6 is 0 Å². The molecule has 0 spiro atoms. The number of allylic oxidation sites excluding steroid dienone is 1. The molecule has 0 amide bonds. The van der Waals surface area contributed by atoms with Crippen molar-refractivity contribution in [2.75, 3.05) is 0 Å². The van der Waals surface area contributed by atoms with Gasteiger partial charge in [0.15, 0.2) is 5.79 Å². The second-order valence-electron chi connectivity index (χ2n) is 16.6. The lowest BCUT2D eigenvalue weighted by Crippen LogP contribution is -2.68. The van der Waals surface area contributed by atoms with Crippen LogP contribution in [0.4, 0.5) is 0 Å². The molecular weight excluding hydrogens is 657 g/mol. The van der Waals surface area contributed by atoms with E-state index in [4.69, 9.17) is 13.9 Å². The van der Waals surface area contributed by atoms with Crippen LogP contribution in [0.15, 0.2) is 84.0 Å². The molecular formula is C43H62O7Si. The number of aliphatic hydroxyl groups is 2. The first-order chi connectivity index (χ1) is 23.9. The molecule has 7 nitrogen and oxygen atoms in total. The fraction of sp³-hybridized carbons (Fsp3) is 0.581. The van der Waals surface area contributed by atoms with Crippen molar-refractivity contribution in [3.63, 3.8) is 0 Å². The van der Waals surface area contributed by atoms with Gasteiger partial charge in [0.05, 0.1) is 30.1 Å². The minimum absolute atomic E-state index is 0.0869. The number of hydrogen-bond acceptors (Lipinski definition) is 7. The number of rotatable bonds is 8. The van der Waals surface area contributed by atoms with Crippen LogP contribution in [0.5, 0.6) is 0 Å². The van der Waals surface area contributed by atoms with Crippen LogP contribution in [0.2, 0.25) is 5.04 Å². The van der Waals surface area contributed by atoms with E-state index in [1.54, 1.807) is 13.8 Å². The number of fused-ring (bicyclic) bond motifs is 2. The van der Waals surface area contributed by atoms with Gasteiger partial charge in [0.2, 0.25) is 0 Å². The number of ketones is 1. The number of unbranched alkanes of at least 4 members (excludes halogenated alkanes) is 2. The van der Waals surface area contributed by atoms with Gasteiger partial charge in [0, 0.05) is 25.2 Å². The van der Waals surface area contributed by atoms with Gasteiger partial charge in [-0.3, -0.25) is 9.59 Å². The normalized spacial score (nSPS) is 30.5. The van der Waals surface area contributed by atoms with Gasteiger partial charge in [-0.15, -0.1) is 0 Å². The molecule has 280 valence electrons. The van der Waals surface area contributed by atoms with Crippen molar-refractivity contribution in [2.24, 2.45) is 11.3 Å². The monoisotopic (exact) mass is 718 g/mol. The molecule has 1 saturated heterocycles. The largest absolute Gasteiger partial charge is 0.462 e. The van der Waals surface area contributed by atoms with Gasteiger partial charge in [-0.05, 0) is 53.2 Å². The van der Waals surface area contributed by atoms with Gasteiger partial charge in [0.25, 0.3) is 8.32 Å². The smallest absolute Gasteiger partial charge is 0.311 e. The summed E-state index contributed by atoms with van der Waals surface area (Å²) in [5.74, 6) is -3.01. The fourth-order valence-corrected chi connectivity index (χ4v) is 12.8. The van der Waals surface area contributed by atoms with E-state index in [2.05, 4.69) is 52.0 Å². The fourth-order valence-electron chi connectivity index (χ4n) is 8.06. The number of ether oxygens (including phenoxy) is 2. The number of Topliss-reactive ketones (excluding diaryl/α,β-unsaturated/α-hetero) is 1. The van der Waals surface area contributed by atoms with Gasteiger partial charge in [-0.2, -0.15) is 0 Å². The Morgan fingerprint density at radius 2 is 1.53 bits per heavy atom. The summed E-state index contributed by atoms with van der Waals surface area (Å²) < 4.78 is 20.0. The quantitative estimate of drug-likeness (QED) is 0.126. The summed E-state index contributed by atoms with van der Waals surface area (Å²) in [5.41, 5.74) is 0.373. The Bertz CT molecular complexity index is 1490. The Morgan fingerprint density at radius 1 is 0.941 bits per heavy atom. The Balaban J connectivity index is 1.81. The average molecular weight is 719 g/mol. The summed E-state index contributed by atoms with van der Waals surface area (Å²) in [5, 5.41) is 25.6. The number of carbonyl (C=O) groups excluding carboxylic acids is 2. The van der Waals surface area contributed by atoms with E-state index >= 15 is 0 Å². The van der Waals surface area contributed by atoms with Crippen LogP contribution in [0.25, 0.3) is 0 Å². The highest BCUT2D eigenvalue weighted by molar-refractivity contribution is 6.99. The predicted octanol–water partition coefficient (Wildman–Crippen LogP) is 7.57. The summed E-state index contributed by atoms with van der Waals surface area (Å²) in [6.45, 7) is 17.9. The van der Waals surface area contributed by atoms with Crippen LogP contribution in [0.1, 0.15) is 114 Å². The van der Waals surface area contributed by atoms with E-state index in [1.807, 2.05) is 69.3 Å². The van der Waals surface area contributed by atoms with Crippen molar-refractivity contribution in [1.29, 1.82) is 0 Å². The van der Waals surface area contributed by atoms with Crippen LogP contribution in [0.3, 0.4) is 0 Å². The maximum Gasteiger partial charge on any atom is 0.311 e. The summed E-state index contributed by atoms with van der Waals surface area (Å²) in [7, 11) is -3.03. The number of benzene rings is 2. The van der Waals surface area contributed by atoms with E-state index in [-0.39, 0.29) is 23.7 Å². The molecule has 2 bridgehead atoms. The molecule has 0 aliphatic carbocycles. The lowest BCUT2D eigenvalue weighted by atomic mass is 9.74. The van der Waals surface area contributed by atoms with Crippen molar-refractivity contribution in [3.8, 4) is 0 Å². The Morgan fingerprint density at radius 3 is 2.08 bits per heavy atom. The summed E-state index contributed by atoms with van der Waals surface area (Å²) >= 11 is 0. The van der Waals surface area contributed by atoms with Gasteiger partial charge >= 0.3 is 5.97 Å². The minimum Gasteiger partial charge on any atom is -0.462 e. The van der Waals surface area contributed by atoms with Crippen LogP contribution in [-0.4, -0.2) is 60.5 Å². The molecule has 2 aromatic rings. The molecule has 2 N–H and O–H groups in total. The zero-order valence-electron chi connectivity index (χ0n) is 32.4. The van der Waals surface area contributed by atoms with Gasteiger partial charge in [-0.25, -0.2) is 0 Å². The summed E-state index contributed by atoms with van der Waals surface area (Å²) in [6.07, 6.45) is 5.34. The maximum absolute atomic E-state index is 13.9. The number of hydrogen-bond donors (Lipinski definition) is 2. The molecule has 0 radical (unpaired) electrons. The molecule has 2 aliphatic rings. The lowest BCUT2D eigenvalue weighted by Gasteiger charge is -2.49. The third kappa shape index (κ3) is 9.57. The second-order valence-corrected chi connectivity index (χ2v) is 20.8. The molecule has 0 aromatic heterocycles. The maximum atomic E-state index is 13.9. The zero-order valence-corrected chi connectivity index (χ0v) is 33.4. The topological polar surface area (TPSA) is 102 Å². The molecule has 1 fully saturated rings. The van der Waals surface area contributed by atoms with Crippen LogP contribution in [-0.2, 0) is 23.5 Å². The van der Waals surface area contributed by atoms with Gasteiger partial charge in [0.1, 0.15) is 11.9 Å². The first kappa shape index (κ1) is 40.9. The Hall–Kier alpha value is -2.88. The number of aliphatic hydroxyl groups excluding tert-OH is 1. The van der Waals surface area contributed by atoms with E-state index in [9.17, 15) is 19.8 Å². The lowest BCUT2D eigenvalue weighted by molar-refractivity contribution is -0.266. The summed E-state index contributed by atoms with van der Waals surface area (Å²) in [6, 6.07) is 20.7. The first-order valence-electron chi connectivity index (χ1n) is 18.9. The van der Waals surface area contributed by atoms with Crippen molar-refractivity contribution in [3.05, 3.63) is 84.0 Å². The van der Waals surface area contributed by atoms with Gasteiger partial charge < -0.3 is 24.1 Å². The first-order valence-corrected chi connectivity index (χ1v) is 20.8. The van der Waals surface area contributed by atoms with E-state index in [1.165, 1.54) is 0 Å². The molecule has 2 heterocycles. The molecule has 8 heteroatoms. The molecule has 51 heavy (non-hydrogen) atoms. The minimum atomic E-state index is -3.03. The second kappa shape index (κ2) is 16.8. The average Bonchev–Trinajstić information content (AvgIpc) is 3.07. The molecule has 2 aromatic carbocycles. The highest BCUT2D eigenvalue weighted by atomic mass is 28.4. The molecule has 2 aliphatic heterocycles. The Labute approximate surface area is 307 Å². The number of cyclic esters (lactones) is 1. The third-order valence-corrected chi connectivity index (χ3v) is 16.0. The standard InChI is InChI=1S/C43H62O7Si/c1-10-11-14-19-33-25-24-30(2)39(45)42(8,9)40(46)32(4)26-31(3)37-27-34(28-43(47,49-37)29-38(44)48-33)50-51(41(5,6)7,35-20-15-12-16-21-35)36-22-17-13-18-23-36/h12-13,15-18,20-24,26,32-34,37,39,45,47H,10-11,14,19,25,27-29H2,1-9H3/b30-24+,31-26+/t32-,33+,34-,37-,39+,43+/m0/s1. The third-order valence-electron chi connectivity index (χ3n) is 10.9. The predicted molar refractivity (Wildman–Crippen MR) is 206 cm³/mol. The Kier molecular flexibility index (Phi) is 13.5. The van der Waals surface area contributed by atoms with Crippen molar-refractivity contribution in [2.45, 2.75) is 149 Å². The number of carbonyl (C=O) groups is 2. The molecule has 4 rings (SSSR count). The number of esters is 1. The zero-order chi connectivity index (χ0) is 37.6. The van der Waals surface area contributed by atoms with Crippen LogP contribution < -0.4 is 10.4 Å². The highest BCUT2D eigenvalue weighted by Gasteiger charge is 2.54. The summed E-state index contributed by atoms with van der Waals surface area (Å²) in [4.78, 5) is 27.7. The molecule has 6 atom stereocenters. The van der Waals surface area contributed by atoms with Crippen molar-refractivity contribution < 1.29 is 33.7 Å². The van der Waals surface area contributed by atoms with E-state index in [0.717, 1.165) is 35.2 Å². The van der Waals surface area contributed by atoms with E-state index < -0.39 is 55.8 Å². The van der Waals surface area contributed by atoms with Crippen molar-refractivity contribution >= 4 is 30.4 Å². The molecule has 0 saturated carbocycles.